The van der Waals surface area contributed by atoms with Crippen molar-refractivity contribution in [3.8, 4) is 11.3 Å². The standard InChI is InChI=1S/C23H22ClF2N5O2/c24-17-6-5-16(11-18(17)26)28-22-21(14-1-3-15(25)4-2-14)29-20-12-30(8-9-31(20)22)23(32)19-13-33-10-7-27-19/h1-6,11,19,27-28H,7-10,12-13H2. The zero-order chi connectivity index (χ0) is 22.9. The third kappa shape index (κ3) is 4.44. The van der Waals surface area contributed by atoms with Gasteiger partial charge in [0.2, 0.25) is 5.91 Å². The third-order valence-corrected chi connectivity index (χ3v) is 6.11. The number of anilines is 2. The molecule has 7 nitrogen and oxygen atoms in total. The van der Waals surface area contributed by atoms with Gasteiger partial charge >= 0.3 is 0 Å². The van der Waals surface area contributed by atoms with Crippen LogP contribution in [0.5, 0.6) is 0 Å². The number of rotatable bonds is 4. The Kier molecular flexibility index (Phi) is 6.01. The molecule has 2 aliphatic heterocycles. The van der Waals surface area contributed by atoms with Gasteiger partial charge in [-0.1, -0.05) is 11.6 Å². The van der Waals surface area contributed by atoms with E-state index in [0.717, 1.165) is 0 Å². The lowest BCUT2D eigenvalue weighted by Crippen LogP contribution is -2.53. The Bertz CT molecular complexity index is 1180. The number of carbonyl (C=O) groups excluding carboxylic acids is 1. The summed E-state index contributed by atoms with van der Waals surface area (Å²) in [4.78, 5) is 19.5. The molecular formula is C23H22ClF2N5O2. The molecule has 2 aliphatic rings. The molecule has 33 heavy (non-hydrogen) atoms. The molecule has 1 atom stereocenters. The second kappa shape index (κ2) is 9.09. The summed E-state index contributed by atoms with van der Waals surface area (Å²) < 4.78 is 35.0. The summed E-state index contributed by atoms with van der Waals surface area (Å²) in [5, 5.41) is 6.47. The maximum absolute atomic E-state index is 14.0. The lowest BCUT2D eigenvalue weighted by Gasteiger charge is -2.33. The molecule has 2 aromatic carbocycles. The molecule has 1 unspecified atom stereocenters. The number of morpholine rings is 1. The van der Waals surface area contributed by atoms with Crippen molar-refractivity contribution in [2.24, 2.45) is 0 Å². The minimum absolute atomic E-state index is 0.0263. The maximum Gasteiger partial charge on any atom is 0.242 e. The zero-order valence-corrected chi connectivity index (χ0v) is 18.4. The van der Waals surface area contributed by atoms with Crippen LogP contribution in [-0.2, 0) is 22.6 Å². The van der Waals surface area contributed by atoms with Crippen LogP contribution >= 0.6 is 11.6 Å². The van der Waals surface area contributed by atoms with E-state index in [1.54, 1.807) is 23.1 Å². The highest BCUT2D eigenvalue weighted by molar-refractivity contribution is 6.30. The van der Waals surface area contributed by atoms with E-state index in [-0.39, 0.29) is 22.8 Å². The molecule has 1 aromatic heterocycles. The SMILES string of the molecule is O=C(C1COCCN1)N1CCn2c(nc(-c3ccc(F)cc3)c2Nc2ccc(Cl)c(F)c2)C1. The number of hydrogen-bond acceptors (Lipinski definition) is 5. The maximum atomic E-state index is 14.0. The molecule has 2 N–H and O–H groups in total. The molecule has 10 heteroatoms. The van der Waals surface area contributed by atoms with E-state index in [2.05, 4.69) is 10.6 Å². The molecule has 0 radical (unpaired) electrons. The molecule has 1 amide bonds. The highest BCUT2D eigenvalue weighted by Crippen LogP contribution is 2.34. The Morgan fingerprint density at radius 3 is 2.73 bits per heavy atom. The van der Waals surface area contributed by atoms with Crippen LogP contribution in [0.2, 0.25) is 5.02 Å². The fraction of sp³-hybridized carbons (Fsp3) is 0.304. The summed E-state index contributed by atoms with van der Waals surface area (Å²) in [7, 11) is 0. The van der Waals surface area contributed by atoms with Gasteiger partial charge in [-0.3, -0.25) is 4.79 Å². The molecular weight excluding hydrogens is 452 g/mol. The first kappa shape index (κ1) is 21.8. The molecule has 0 bridgehead atoms. The largest absolute Gasteiger partial charge is 0.378 e. The fourth-order valence-electron chi connectivity index (χ4n) is 4.11. The van der Waals surface area contributed by atoms with Crippen molar-refractivity contribution < 1.29 is 18.3 Å². The molecule has 3 aromatic rings. The average molecular weight is 474 g/mol. The predicted octanol–water partition coefficient (Wildman–Crippen LogP) is 3.56. The number of hydrogen-bond donors (Lipinski definition) is 2. The summed E-state index contributed by atoms with van der Waals surface area (Å²) in [5.74, 6) is 0.409. The Balaban J connectivity index is 1.48. The van der Waals surface area contributed by atoms with E-state index >= 15 is 0 Å². The molecule has 0 saturated carbocycles. The number of amides is 1. The van der Waals surface area contributed by atoms with Crippen molar-refractivity contribution in [2.45, 2.75) is 19.1 Å². The van der Waals surface area contributed by atoms with Gasteiger partial charge < -0.3 is 24.8 Å². The van der Waals surface area contributed by atoms with E-state index in [4.69, 9.17) is 21.3 Å². The topological polar surface area (TPSA) is 71.4 Å². The quantitative estimate of drug-likeness (QED) is 0.606. The van der Waals surface area contributed by atoms with Crippen molar-refractivity contribution in [3.05, 3.63) is 64.9 Å². The number of nitrogens with zero attached hydrogens (tertiary/aromatic N) is 3. The van der Waals surface area contributed by atoms with Crippen LogP contribution < -0.4 is 10.6 Å². The predicted molar refractivity (Wildman–Crippen MR) is 120 cm³/mol. The zero-order valence-electron chi connectivity index (χ0n) is 17.7. The third-order valence-electron chi connectivity index (χ3n) is 5.80. The lowest BCUT2D eigenvalue weighted by molar-refractivity contribution is -0.137. The van der Waals surface area contributed by atoms with E-state index in [0.29, 0.717) is 68.0 Å². The van der Waals surface area contributed by atoms with Crippen molar-refractivity contribution >= 4 is 29.0 Å². The van der Waals surface area contributed by atoms with E-state index in [1.807, 2.05) is 4.57 Å². The second-order valence-electron chi connectivity index (χ2n) is 7.98. The number of imidazole rings is 1. The minimum Gasteiger partial charge on any atom is -0.378 e. The van der Waals surface area contributed by atoms with Gasteiger partial charge in [0.05, 0.1) is 24.8 Å². The number of fused-ring (bicyclic) bond motifs is 1. The summed E-state index contributed by atoms with van der Waals surface area (Å²) in [6.45, 7) is 2.89. The minimum atomic E-state index is -0.539. The van der Waals surface area contributed by atoms with Crippen LogP contribution in [0.3, 0.4) is 0 Å². The van der Waals surface area contributed by atoms with Crippen LogP contribution in [0.25, 0.3) is 11.3 Å². The molecule has 172 valence electrons. The molecule has 0 aliphatic carbocycles. The van der Waals surface area contributed by atoms with E-state index in [9.17, 15) is 13.6 Å². The summed E-state index contributed by atoms with van der Waals surface area (Å²) >= 11 is 5.82. The van der Waals surface area contributed by atoms with Gasteiger partial charge in [-0.2, -0.15) is 0 Å². The van der Waals surface area contributed by atoms with Gasteiger partial charge in [-0.15, -0.1) is 0 Å². The summed E-state index contributed by atoms with van der Waals surface area (Å²) in [5.41, 5.74) is 1.80. The number of carbonyl (C=O) groups is 1. The molecule has 1 fully saturated rings. The van der Waals surface area contributed by atoms with Gasteiger partial charge in [0.1, 0.15) is 35.0 Å². The monoisotopic (exact) mass is 473 g/mol. The van der Waals surface area contributed by atoms with Crippen LogP contribution in [0.1, 0.15) is 5.82 Å². The van der Waals surface area contributed by atoms with Crippen LogP contribution in [-0.4, -0.2) is 52.7 Å². The van der Waals surface area contributed by atoms with Crippen molar-refractivity contribution in [1.82, 2.24) is 19.8 Å². The van der Waals surface area contributed by atoms with Crippen LogP contribution in [0.15, 0.2) is 42.5 Å². The van der Waals surface area contributed by atoms with E-state index < -0.39 is 5.82 Å². The number of ether oxygens (including phenoxy) is 1. The van der Waals surface area contributed by atoms with Gasteiger partial charge in [-0.05, 0) is 42.5 Å². The Morgan fingerprint density at radius 1 is 1.18 bits per heavy atom. The van der Waals surface area contributed by atoms with Crippen LogP contribution in [0.4, 0.5) is 20.3 Å². The summed E-state index contributed by atoms with van der Waals surface area (Å²) in [6, 6.07) is 10.1. The average Bonchev–Trinajstić information content (AvgIpc) is 3.19. The smallest absolute Gasteiger partial charge is 0.242 e. The molecule has 0 spiro atoms. The molecule has 1 saturated heterocycles. The second-order valence-corrected chi connectivity index (χ2v) is 8.39. The van der Waals surface area contributed by atoms with Crippen LogP contribution in [0, 0.1) is 11.6 Å². The van der Waals surface area contributed by atoms with Gasteiger partial charge in [0, 0.05) is 30.9 Å². The first-order chi connectivity index (χ1) is 16.0. The van der Waals surface area contributed by atoms with Gasteiger partial charge in [-0.25, -0.2) is 13.8 Å². The van der Waals surface area contributed by atoms with Crippen molar-refractivity contribution in [2.75, 3.05) is 31.6 Å². The normalized spacial score (nSPS) is 18.2. The Hall–Kier alpha value is -3.01. The fourth-order valence-corrected chi connectivity index (χ4v) is 4.23. The molecule has 5 rings (SSSR count). The summed E-state index contributed by atoms with van der Waals surface area (Å²) in [6.07, 6.45) is 0. The van der Waals surface area contributed by atoms with Crippen molar-refractivity contribution in [1.29, 1.82) is 0 Å². The van der Waals surface area contributed by atoms with E-state index in [1.165, 1.54) is 24.3 Å². The lowest BCUT2D eigenvalue weighted by atomic mass is 10.1. The highest BCUT2D eigenvalue weighted by Gasteiger charge is 2.31. The number of halogens is 3. The van der Waals surface area contributed by atoms with Gasteiger partial charge in [0.25, 0.3) is 0 Å². The van der Waals surface area contributed by atoms with Gasteiger partial charge in [0.15, 0.2) is 0 Å². The number of nitrogens with one attached hydrogen (secondary N) is 2. The number of benzene rings is 2. The number of aromatic nitrogens is 2. The highest BCUT2D eigenvalue weighted by atomic mass is 35.5. The first-order valence-corrected chi connectivity index (χ1v) is 11.0. The first-order valence-electron chi connectivity index (χ1n) is 10.7. The van der Waals surface area contributed by atoms with Crippen molar-refractivity contribution in [3.63, 3.8) is 0 Å². The Labute approximate surface area is 194 Å². The Morgan fingerprint density at radius 2 is 2.00 bits per heavy atom. The molecule has 3 heterocycles.